The lowest BCUT2D eigenvalue weighted by Gasteiger charge is -2.21. The Hall–Kier alpha value is -3.14. The van der Waals surface area contributed by atoms with Crippen LogP contribution < -0.4 is 10.2 Å². The summed E-state index contributed by atoms with van der Waals surface area (Å²) in [6.45, 7) is 5.31. The van der Waals surface area contributed by atoms with E-state index in [1.807, 2.05) is 62.4 Å². The molecule has 3 aromatic rings. The number of benzene rings is 2. The molecule has 132 valence electrons. The number of amides is 1. The van der Waals surface area contributed by atoms with Gasteiger partial charge in [-0.25, -0.2) is 4.98 Å². The Morgan fingerprint density at radius 3 is 2.50 bits per heavy atom. The molecule has 0 saturated heterocycles. The highest BCUT2D eigenvalue weighted by Gasteiger charge is 2.17. The fraction of sp³-hybridized carbons (Fsp3) is 0.182. The van der Waals surface area contributed by atoms with E-state index in [0.717, 1.165) is 23.5 Å². The number of nitrogens with zero attached hydrogens (tertiary/aromatic N) is 2. The lowest BCUT2D eigenvalue weighted by molar-refractivity contribution is 0.0983. The van der Waals surface area contributed by atoms with Crippen LogP contribution in [-0.4, -0.2) is 17.4 Å². The Labute approximate surface area is 154 Å². The molecule has 0 aliphatic heterocycles. The Morgan fingerprint density at radius 2 is 1.85 bits per heavy atom. The van der Waals surface area contributed by atoms with Crippen molar-refractivity contribution in [2.75, 3.05) is 16.8 Å². The molecule has 0 saturated carbocycles. The Morgan fingerprint density at radius 1 is 1.04 bits per heavy atom. The smallest absolute Gasteiger partial charge is 0.276 e. The summed E-state index contributed by atoms with van der Waals surface area (Å²) in [5.74, 6) is -0.0901. The molecule has 1 N–H and O–H groups in total. The van der Waals surface area contributed by atoms with Crippen LogP contribution in [-0.2, 0) is 6.54 Å². The number of carbonyl (C=O) groups is 1. The van der Waals surface area contributed by atoms with Crippen LogP contribution in [0.25, 0.3) is 0 Å². The molecule has 26 heavy (non-hydrogen) atoms. The van der Waals surface area contributed by atoms with E-state index < -0.39 is 0 Å². The minimum atomic E-state index is -0.0901. The molecule has 1 amide bonds. The van der Waals surface area contributed by atoms with Crippen LogP contribution in [0.2, 0.25) is 0 Å². The molecule has 0 bridgehead atoms. The molecule has 1 aromatic heterocycles. The minimum Gasteiger partial charge on any atom is -0.380 e. The number of aryl methyl sites for hydroxylation is 1. The normalized spacial score (nSPS) is 10.4. The van der Waals surface area contributed by atoms with Crippen LogP contribution in [0.15, 0.2) is 72.9 Å². The number of rotatable bonds is 6. The van der Waals surface area contributed by atoms with Gasteiger partial charge in [0.1, 0.15) is 5.69 Å². The number of hydrogen-bond donors (Lipinski definition) is 1. The monoisotopic (exact) mass is 345 g/mol. The lowest BCUT2D eigenvalue weighted by atomic mass is 10.2. The van der Waals surface area contributed by atoms with Crippen LogP contribution in [0.3, 0.4) is 0 Å². The van der Waals surface area contributed by atoms with Gasteiger partial charge in [0.2, 0.25) is 0 Å². The molecule has 3 rings (SSSR count). The molecule has 4 nitrogen and oxygen atoms in total. The van der Waals surface area contributed by atoms with Crippen LogP contribution >= 0.6 is 0 Å². The zero-order valence-electron chi connectivity index (χ0n) is 15.1. The summed E-state index contributed by atoms with van der Waals surface area (Å²) in [4.78, 5) is 18.9. The topological polar surface area (TPSA) is 45.2 Å². The van der Waals surface area contributed by atoms with Crippen molar-refractivity contribution >= 4 is 17.3 Å². The van der Waals surface area contributed by atoms with Crippen molar-refractivity contribution in [1.82, 2.24) is 4.98 Å². The summed E-state index contributed by atoms with van der Waals surface area (Å²) in [6, 6.07) is 21.8. The maximum absolute atomic E-state index is 12.8. The molecular formula is C22H23N3O. The molecule has 0 aliphatic rings. The lowest BCUT2D eigenvalue weighted by Crippen LogP contribution is -2.31. The van der Waals surface area contributed by atoms with E-state index in [1.165, 1.54) is 5.56 Å². The van der Waals surface area contributed by atoms with Gasteiger partial charge >= 0.3 is 0 Å². The Kier molecular flexibility index (Phi) is 5.64. The van der Waals surface area contributed by atoms with E-state index in [1.54, 1.807) is 17.2 Å². The second-order valence-electron chi connectivity index (χ2n) is 6.16. The molecule has 2 aromatic carbocycles. The van der Waals surface area contributed by atoms with Crippen molar-refractivity contribution < 1.29 is 4.79 Å². The SMILES string of the molecule is CCN(C(=O)c1ccc(NCc2ccccc2)cn1)c1cccc(C)c1. The molecule has 0 spiro atoms. The van der Waals surface area contributed by atoms with Gasteiger partial charge in [-0.15, -0.1) is 0 Å². The van der Waals surface area contributed by atoms with Gasteiger partial charge in [-0.3, -0.25) is 4.79 Å². The van der Waals surface area contributed by atoms with Gasteiger partial charge < -0.3 is 10.2 Å². The van der Waals surface area contributed by atoms with Gasteiger partial charge in [-0.1, -0.05) is 42.5 Å². The van der Waals surface area contributed by atoms with Crippen LogP contribution in [0.4, 0.5) is 11.4 Å². The maximum Gasteiger partial charge on any atom is 0.276 e. The van der Waals surface area contributed by atoms with Gasteiger partial charge in [0.25, 0.3) is 5.91 Å². The number of carbonyl (C=O) groups excluding carboxylic acids is 1. The average Bonchev–Trinajstić information content (AvgIpc) is 2.68. The maximum atomic E-state index is 12.8. The quantitative estimate of drug-likeness (QED) is 0.706. The highest BCUT2D eigenvalue weighted by Crippen LogP contribution is 2.18. The second kappa shape index (κ2) is 8.30. The summed E-state index contributed by atoms with van der Waals surface area (Å²) >= 11 is 0. The van der Waals surface area contributed by atoms with Crippen molar-refractivity contribution in [2.24, 2.45) is 0 Å². The van der Waals surface area contributed by atoms with Gasteiger partial charge in [0.05, 0.1) is 11.9 Å². The zero-order valence-corrected chi connectivity index (χ0v) is 15.1. The van der Waals surface area contributed by atoms with Crippen molar-refractivity contribution in [3.63, 3.8) is 0 Å². The van der Waals surface area contributed by atoms with Gasteiger partial charge in [0.15, 0.2) is 0 Å². The Bertz CT molecular complexity index is 860. The summed E-state index contributed by atoms with van der Waals surface area (Å²) < 4.78 is 0. The Balaban J connectivity index is 1.69. The fourth-order valence-corrected chi connectivity index (χ4v) is 2.80. The number of pyridine rings is 1. The third-order valence-corrected chi connectivity index (χ3v) is 4.20. The standard InChI is InChI=1S/C22H23N3O/c1-3-25(20-11-7-8-17(2)14-20)22(26)21-13-12-19(16-24-21)23-15-18-9-5-4-6-10-18/h4-14,16,23H,3,15H2,1-2H3. The molecule has 0 aliphatic carbocycles. The molecule has 0 unspecified atom stereocenters. The van der Waals surface area contributed by atoms with Crippen molar-refractivity contribution in [2.45, 2.75) is 20.4 Å². The first-order valence-electron chi connectivity index (χ1n) is 8.79. The third kappa shape index (κ3) is 4.28. The highest BCUT2D eigenvalue weighted by molar-refractivity contribution is 6.04. The first kappa shape index (κ1) is 17.7. The number of anilines is 2. The molecule has 0 fully saturated rings. The fourth-order valence-electron chi connectivity index (χ4n) is 2.80. The number of nitrogens with one attached hydrogen (secondary N) is 1. The summed E-state index contributed by atoms with van der Waals surface area (Å²) in [5.41, 5.74) is 4.56. The number of aromatic nitrogens is 1. The van der Waals surface area contributed by atoms with Crippen molar-refractivity contribution in [3.05, 3.63) is 89.7 Å². The molecular weight excluding hydrogens is 322 g/mol. The first-order valence-corrected chi connectivity index (χ1v) is 8.79. The summed E-state index contributed by atoms with van der Waals surface area (Å²) in [7, 11) is 0. The second-order valence-corrected chi connectivity index (χ2v) is 6.16. The van der Waals surface area contributed by atoms with Gasteiger partial charge in [0, 0.05) is 18.8 Å². The molecule has 0 radical (unpaired) electrons. The van der Waals surface area contributed by atoms with E-state index in [-0.39, 0.29) is 5.91 Å². The van der Waals surface area contributed by atoms with Crippen LogP contribution in [0, 0.1) is 6.92 Å². The predicted molar refractivity (Wildman–Crippen MR) is 107 cm³/mol. The zero-order chi connectivity index (χ0) is 18.4. The van der Waals surface area contributed by atoms with E-state index in [9.17, 15) is 4.79 Å². The van der Waals surface area contributed by atoms with Crippen molar-refractivity contribution in [3.8, 4) is 0 Å². The average molecular weight is 345 g/mol. The van der Waals surface area contributed by atoms with E-state index in [4.69, 9.17) is 0 Å². The van der Waals surface area contributed by atoms with Crippen molar-refractivity contribution in [1.29, 1.82) is 0 Å². The van der Waals surface area contributed by atoms with E-state index >= 15 is 0 Å². The molecule has 0 atom stereocenters. The highest BCUT2D eigenvalue weighted by atomic mass is 16.2. The van der Waals surface area contributed by atoms with Gasteiger partial charge in [-0.05, 0) is 49.2 Å². The summed E-state index contributed by atoms with van der Waals surface area (Å²) in [6.07, 6.45) is 1.71. The van der Waals surface area contributed by atoms with E-state index in [0.29, 0.717) is 12.2 Å². The summed E-state index contributed by atoms with van der Waals surface area (Å²) in [5, 5.41) is 3.32. The third-order valence-electron chi connectivity index (χ3n) is 4.20. The molecule has 1 heterocycles. The molecule has 4 heteroatoms. The number of hydrogen-bond acceptors (Lipinski definition) is 3. The van der Waals surface area contributed by atoms with Gasteiger partial charge in [-0.2, -0.15) is 0 Å². The van der Waals surface area contributed by atoms with Crippen LogP contribution in [0.5, 0.6) is 0 Å². The van der Waals surface area contributed by atoms with E-state index in [2.05, 4.69) is 22.4 Å². The first-order chi connectivity index (χ1) is 12.7. The van der Waals surface area contributed by atoms with Crippen LogP contribution in [0.1, 0.15) is 28.5 Å². The predicted octanol–water partition coefficient (Wildman–Crippen LogP) is 4.67. The largest absolute Gasteiger partial charge is 0.380 e. The minimum absolute atomic E-state index is 0.0901.